The molecule has 0 amide bonds. The maximum absolute atomic E-state index is 12.5. The predicted molar refractivity (Wildman–Crippen MR) is 86.1 cm³/mol. The molecule has 3 unspecified atom stereocenters. The summed E-state index contributed by atoms with van der Waals surface area (Å²) in [5, 5.41) is 0. The first-order valence-corrected chi connectivity index (χ1v) is 7.95. The molecule has 3 heteroatoms. The van der Waals surface area contributed by atoms with Gasteiger partial charge in [-0.15, -0.1) is 0 Å². The van der Waals surface area contributed by atoms with Crippen molar-refractivity contribution in [2.24, 2.45) is 17.8 Å². The van der Waals surface area contributed by atoms with Gasteiger partial charge in [-0.1, -0.05) is 33.3 Å². The lowest BCUT2D eigenvalue weighted by Gasteiger charge is -2.36. The third-order valence-electron chi connectivity index (χ3n) is 4.70. The van der Waals surface area contributed by atoms with E-state index in [1.165, 1.54) is 6.42 Å². The van der Waals surface area contributed by atoms with Gasteiger partial charge < -0.3 is 10.5 Å². The molecule has 1 aliphatic carbocycles. The molecule has 0 saturated heterocycles. The van der Waals surface area contributed by atoms with E-state index in [9.17, 15) is 4.79 Å². The Morgan fingerprint density at radius 2 is 2.05 bits per heavy atom. The van der Waals surface area contributed by atoms with Gasteiger partial charge in [-0.05, 0) is 55.2 Å². The van der Waals surface area contributed by atoms with Gasteiger partial charge in [0.2, 0.25) is 0 Å². The predicted octanol–water partition coefficient (Wildman–Crippen LogP) is 4.19. The van der Waals surface area contributed by atoms with Gasteiger partial charge in [-0.25, -0.2) is 4.79 Å². The van der Waals surface area contributed by atoms with Crippen molar-refractivity contribution in [3.05, 3.63) is 29.3 Å². The molecule has 3 atom stereocenters. The van der Waals surface area contributed by atoms with E-state index in [1.807, 2.05) is 19.1 Å². The van der Waals surface area contributed by atoms with Crippen LogP contribution >= 0.6 is 0 Å². The zero-order chi connectivity index (χ0) is 15.6. The largest absolute Gasteiger partial charge is 0.458 e. The van der Waals surface area contributed by atoms with E-state index in [0.29, 0.717) is 29.0 Å². The van der Waals surface area contributed by atoms with Crippen LogP contribution in [0.1, 0.15) is 56.0 Å². The Labute approximate surface area is 127 Å². The van der Waals surface area contributed by atoms with E-state index in [4.69, 9.17) is 10.5 Å². The number of nitrogens with two attached hydrogens (primary N) is 1. The van der Waals surface area contributed by atoms with Crippen molar-refractivity contribution in [2.75, 3.05) is 5.73 Å². The minimum Gasteiger partial charge on any atom is -0.458 e. The maximum Gasteiger partial charge on any atom is 0.338 e. The van der Waals surface area contributed by atoms with Crippen LogP contribution in [-0.4, -0.2) is 12.1 Å². The number of hydrogen-bond donors (Lipinski definition) is 1. The number of esters is 1. The van der Waals surface area contributed by atoms with Crippen LogP contribution in [0, 0.1) is 24.7 Å². The summed E-state index contributed by atoms with van der Waals surface area (Å²) in [7, 11) is 0. The summed E-state index contributed by atoms with van der Waals surface area (Å²) in [6.07, 6.45) is 3.37. The highest BCUT2D eigenvalue weighted by atomic mass is 16.5. The van der Waals surface area contributed by atoms with Crippen LogP contribution in [0.5, 0.6) is 0 Å². The Kier molecular flexibility index (Phi) is 4.92. The van der Waals surface area contributed by atoms with Gasteiger partial charge in [0.25, 0.3) is 0 Å². The molecule has 0 aliphatic heterocycles. The summed E-state index contributed by atoms with van der Waals surface area (Å²) in [6, 6.07) is 5.40. The molecule has 21 heavy (non-hydrogen) atoms. The minimum absolute atomic E-state index is 0.0297. The van der Waals surface area contributed by atoms with Crippen molar-refractivity contribution in [3.8, 4) is 0 Å². The number of nitrogen functional groups attached to an aromatic ring is 1. The number of carbonyl (C=O) groups is 1. The standard InChI is InChI=1S/C18H27NO2/c1-11(2)15-8-5-12(3)9-17(15)21-18(20)16-10-14(19)7-6-13(16)4/h6-7,10-12,15,17H,5,8-9,19H2,1-4H3. The Bertz CT molecular complexity index is 510. The first-order valence-electron chi connectivity index (χ1n) is 7.95. The molecule has 0 bridgehead atoms. The zero-order valence-corrected chi connectivity index (χ0v) is 13.6. The SMILES string of the molecule is Cc1ccc(N)cc1C(=O)OC1CC(C)CCC1C(C)C. The summed E-state index contributed by atoms with van der Waals surface area (Å²) in [5.74, 6) is 1.40. The van der Waals surface area contributed by atoms with Crippen molar-refractivity contribution in [2.45, 2.75) is 53.1 Å². The van der Waals surface area contributed by atoms with Crippen LogP contribution in [0.3, 0.4) is 0 Å². The molecule has 1 aromatic carbocycles. The van der Waals surface area contributed by atoms with Gasteiger partial charge >= 0.3 is 5.97 Å². The van der Waals surface area contributed by atoms with E-state index >= 15 is 0 Å². The van der Waals surface area contributed by atoms with Gasteiger partial charge in [0, 0.05) is 5.69 Å². The van der Waals surface area contributed by atoms with Gasteiger partial charge in [0.1, 0.15) is 6.10 Å². The highest BCUT2D eigenvalue weighted by Gasteiger charge is 2.33. The molecule has 1 saturated carbocycles. The lowest BCUT2D eigenvalue weighted by molar-refractivity contribution is -0.0174. The number of aryl methyl sites for hydroxylation is 1. The van der Waals surface area contributed by atoms with Crippen molar-refractivity contribution < 1.29 is 9.53 Å². The van der Waals surface area contributed by atoms with Crippen molar-refractivity contribution in [3.63, 3.8) is 0 Å². The molecule has 2 rings (SSSR count). The number of carbonyl (C=O) groups excluding carboxylic acids is 1. The molecule has 0 spiro atoms. The summed E-state index contributed by atoms with van der Waals surface area (Å²) in [6.45, 7) is 8.59. The van der Waals surface area contributed by atoms with Crippen LogP contribution < -0.4 is 5.73 Å². The average molecular weight is 289 g/mol. The Hall–Kier alpha value is -1.51. The molecular weight excluding hydrogens is 262 g/mol. The van der Waals surface area contributed by atoms with Crippen molar-refractivity contribution >= 4 is 11.7 Å². The normalized spacial score (nSPS) is 25.9. The topological polar surface area (TPSA) is 52.3 Å². The number of ether oxygens (including phenoxy) is 1. The molecule has 1 fully saturated rings. The molecule has 0 aromatic heterocycles. The fourth-order valence-corrected chi connectivity index (χ4v) is 3.31. The highest BCUT2D eigenvalue weighted by Crippen LogP contribution is 2.35. The molecule has 1 aromatic rings. The second-order valence-corrected chi connectivity index (χ2v) is 6.84. The molecule has 3 nitrogen and oxygen atoms in total. The fourth-order valence-electron chi connectivity index (χ4n) is 3.31. The Balaban J connectivity index is 2.14. The highest BCUT2D eigenvalue weighted by molar-refractivity contribution is 5.92. The summed E-state index contributed by atoms with van der Waals surface area (Å²) in [4.78, 5) is 12.5. The van der Waals surface area contributed by atoms with Gasteiger partial charge in [-0.2, -0.15) is 0 Å². The van der Waals surface area contributed by atoms with E-state index in [2.05, 4.69) is 20.8 Å². The van der Waals surface area contributed by atoms with Crippen LogP contribution in [0.25, 0.3) is 0 Å². The third kappa shape index (κ3) is 3.78. The van der Waals surface area contributed by atoms with Crippen LogP contribution in [-0.2, 0) is 4.74 Å². The lowest BCUT2D eigenvalue weighted by Crippen LogP contribution is -2.36. The van der Waals surface area contributed by atoms with E-state index in [0.717, 1.165) is 18.4 Å². The molecule has 0 radical (unpaired) electrons. The number of rotatable bonds is 3. The van der Waals surface area contributed by atoms with Crippen LogP contribution in [0.4, 0.5) is 5.69 Å². The summed E-state index contributed by atoms with van der Waals surface area (Å²) < 4.78 is 5.86. The zero-order valence-electron chi connectivity index (χ0n) is 13.6. The third-order valence-corrected chi connectivity index (χ3v) is 4.70. The average Bonchev–Trinajstić information content (AvgIpc) is 2.41. The molecule has 116 valence electrons. The molecular formula is C18H27NO2. The second kappa shape index (κ2) is 6.50. The first-order chi connectivity index (χ1) is 9.88. The smallest absolute Gasteiger partial charge is 0.338 e. The number of anilines is 1. The summed E-state index contributed by atoms with van der Waals surface area (Å²) >= 11 is 0. The first kappa shape index (κ1) is 15.9. The second-order valence-electron chi connectivity index (χ2n) is 6.84. The Morgan fingerprint density at radius 3 is 2.71 bits per heavy atom. The maximum atomic E-state index is 12.5. The quantitative estimate of drug-likeness (QED) is 0.670. The van der Waals surface area contributed by atoms with Crippen molar-refractivity contribution in [1.82, 2.24) is 0 Å². The van der Waals surface area contributed by atoms with E-state index in [1.54, 1.807) is 6.07 Å². The number of benzene rings is 1. The van der Waals surface area contributed by atoms with Gasteiger partial charge in [0.15, 0.2) is 0 Å². The monoisotopic (exact) mass is 289 g/mol. The van der Waals surface area contributed by atoms with Gasteiger partial charge in [0.05, 0.1) is 5.56 Å². The molecule has 0 heterocycles. The lowest BCUT2D eigenvalue weighted by atomic mass is 9.75. The minimum atomic E-state index is -0.232. The number of hydrogen-bond acceptors (Lipinski definition) is 3. The molecule has 2 N–H and O–H groups in total. The fraction of sp³-hybridized carbons (Fsp3) is 0.611. The van der Waals surface area contributed by atoms with Crippen molar-refractivity contribution in [1.29, 1.82) is 0 Å². The summed E-state index contributed by atoms with van der Waals surface area (Å²) in [5.41, 5.74) is 7.90. The van der Waals surface area contributed by atoms with Crippen LogP contribution in [0.15, 0.2) is 18.2 Å². The Morgan fingerprint density at radius 1 is 1.33 bits per heavy atom. The van der Waals surface area contributed by atoms with Crippen LogP contribution in [0.2, 0.25) is 0 Å². The van der Waals surface area contributed by atoms with Gasteiger partial charge in [-0.3, -0.25) is 0 Å². The van der Waals surface area contributed by atoms with E-state index < -0.39 is 0 Å². The van der Waals surface area contributed by atoms with E-state index in [-0.39, 0.29) is 12.1 Å². The molecule has 1 aliphatic rings.